The van der Waals surface area contributed by atoms with Gasteiger partial charge in [-0.3, -0.25) is 4.79 Å². The molecule has 8 heteroatoms. The fraction of sp³-hybridized carbons (Fsp3) is 0.222. The second-order valence-electron chi connectivity index (χ2n) is 4.98. The number of hydrogen-bond donors (Lipinski definition) is 1. The second-order valence-corrected chi connectivity index (χ2v) is 4.98. The Balaban J connectivity index is 2.08. The van der Waals surface area contributed by atoms with Crippen LogP contribution in [-0.4, -0.2) is 31.7 Å². The van der Waals surface area contributed by atoms with E-state index in [0.717, 1.165) is 0 Å². The number of rotatable bonds is 8. The van der Waals surface area contributed by atoms with Crippen LogP contribution in [0.4, 0.5) is 8.78 Å². The zero-order chi connectivity index (χ0) is 18.9. The maximum atomic E-state index is 12.6. The number of amides is 1. The van der Waals surface area contributed by atoms with E-state index in [1.54, 1.807) is 24.4 Å². The summed E-state index contributed by atoms with van der Waals surface area (Å²) in [5.41, 5.74) is 0.999. The van der Waals surface area contributed by atoms with Crippen LogP contribution >= 0.6 is 0 Å². The van der Waals surface area contributed by atoms with Gasteiger partial charge >= 0.3 is 6.61 Å². The fourth-order valence-corrected chi connectivity index (χ4v) is 2.19. The zero-order valence-corrected chi connectivity index (χ0v) is 14.2. The van der Waals surface area contributed by atoms with Gasteiger partial charge in [-0.25, -0.2) is 4.98 Å². The van der Waals surface area contributed by atoms with Gasteiger partial charge in [-0.1, -0.05) is 18.2 Å². The molecule has 0 aliphatic carbocycles. The van der Waals surface area contributed by atoms with E-state index >= 15 is 0 Å². The number of nitrogens with one attached hydrogen (secondary N) is 1. The number of pyridine rings is 1. The van der Waals surface area contributed by atoms with Crippen molar-refractivity contribution in [2.45, 2.75) is 13.2 Å². The molecular weight excluding hydrogens is 346 g/mol. The third kappa shape index (κ3) is 5.17. The lowest BCUT2D eigenvalue weighted by Crippen LogP contribution is -2.20. The highest BCUT2D eigenvalue weighted by atomic mass is 19.3. The minimum Gasteiger partial charge on any atom is -0.493 e. The average molecular weight is 364 g/mol. The average Bonchev–Trinajstić information content (AvgIpc) is 2.65. The van der Waals surface area contributed by atoms with Crippen molar-refractivity contribution >= 4 is 12.0 Å². The molecule has 0 bridgehead atoms. The van der Waals surface area contributed by atoms with Gasteiger partial charge in [0.2, 0.25) is 11.8 Å². The van der Waals surface area contributed by atoms with Crippen LogP contribution in [0.15, 0.2) is 42.6 Å². The number of methoxy groups -OCH3 is 2. The number of hydrogen-bond acceptors (Lipinski definition) is 5. The summed E-state index contributed by atoms with van der Waals surface area (Å²) >= 11 is 0. The van der Waals surface area contributed by atoms with Gasteiger partial charge < -0.3 is 19.5 Å². The van der Waals surface area contributed by atoms with E-state index in [1.807, 2.05) is 0 Å². The molecule has 0 saturated heterocycles. The van der Waals surface area contributed by atoms with E-state index in [0.29, 0.717) is 17.0 Å². The number of aromatic nitrogens is 1. The van der Waals surface area contributed by atoms with Gasteiger partial charge in [0.05, 0.1) is 14.2 Å². The van der Waals surface area contributed by atoms with Crippen molar-refractivity contribution in [2.24, 2.45) is 0 Å². The molecule has 1 amide bonds. The second kappa shape index (κ2) is 9.36. The van der Waals surface area contributed by atoms with Crippen LogP contribution in [0.1, 0.15) is 11.1 Å². The number of carbonyl (C=O) groups excluding carboxylic acids is 1. The molecule has 0 radical (unpaired) electrons. The Morgan fingerprint density at radius 3 is 2.73 bits per heavy atom. The van der Waals surface area contributed by atoms with Crippen LogP contribution < -0.4 is 19.5 Å². The molecule has 0 fully saturated rings. The summed E-state index contributed by atoms with van der Waals surface area (Å²) in [6.45, 7) is -2.80. The number of alkyl halides is 2. The summed E-state index contributed by atoms with van der Waals surface area (Å²) in [4.78, 5) is 16.0. The molecular formula is C18H18F2N2O4. The van der Waals surface area contributed by atoms with E-state index in [1.165, 1.54) is 38.5 Å². The zero-order valence-electron chi connectivity index (χ0n) is 14.2. The van der Waals surface area contributed by atoms with Gasteiger partial charge in [0.1, 0.15) is 0 Å². The molecule has 138 valence electrons. The smallest absolute Gasteiger partial charge is 0.387 e. The first-order valence-electron chi connectivity index (χ1n) is 7.60. The minimum atomic E-state index is -3.01. The molecule has 0 unspecified atom stereocenters. The van der Waals surface area contributed by atoms with E-state index in [4.69, 9.17) is 9.47 Å². The van der Waals surface area contributed by atoms with Crippen LogP contribution in [0.25, 0.3) is 6.08 Å². The van der Waals surface area contributed by atoms with Crippen molar-refractivity contribution in [3.05, 3.63) is 53.7 Å². The largest absolute Gasteiger partial charge is 0.493 e. The van der Waals surface area contributed by atoms with Crippen molar-refractivity contribution in [1.82, 2.24) is 10.3 Å². The molecule has 0 aliphatic heterocycles. The quantitative estimate of drug-likeness (QED) is 0.729. The predicted molar refractivity (Wildman–Crippen MR) is 91.3 cm³/mol. The SMILES string of the molecule is COc1cccc(/C=C/C(=O)NCc2cccnc2OC)c1OC(F)F. The normalized spacial score (nSPS) is 10.8. The molecule has 2 aromatic rings. The number of ether oxygens (including phenoxy) is 3. The molecule has 1 aromatic heterocycles. The molecule has 26 heavy (non-hydrogen) atoms. The van der Waals surface area contributed by atoms with Crippen molar-refractivity contribution in [1.29, 1.82) is 0 Å². The molecule has 0 atom stereocenters. The summed E-state index contributed by atoms with van der Waals surface area (Å²) in [5.74, 6) is 0.00912. The van der Waals surface area contributed by atoms with Crippen LogP contribution in [0, 0.1) is 0 Å². The maximum Gasteiger partial charge on any atom is 0.387 e. The Labute approximate surface area is 149 Å². The fourth-order valence-electron chi connectivity index (χ4n) is 2.19. The first-order valence-corrected chi connectivity index (χ1v) is 7.60. The Bertz CT molecular complexity index is 782. The molecule has 2 rings (SSSR count). The van der Waals surface area contributed by atoms with E-state index in [9.17, 15) is 13.6 Å². The third-order valence-corrected chi connectivity index (χ3v) is 3.35. The van der Waals surface area contributed by atoms with Crippen LogP contribution in [0.2, 0.25) is 0 Å². The number of nitrogens with zero attached hydrogens (tertiary/aromatic N) is 1. The maximum absolute atomic E-state index is 12.6. The van der Waals surface area contributed by atoms with Gasteiger partial charge in [-0.2, -0.15) is 8.78 Å². The van der Waals surface area contributed by atoms with Gasteiger partial charge in [0.25, 0.3) is 0 Å². The van der Waals surface area contributed by atoms with Gasteiger partial charge in [0, 0.05) is 29.9 Å². The summed E-state index contributed by atoms with van der Waals surface area (Å²) < 4.78 is 39.8. The standard InChI is InChI=1S/C18H18F2N2O4/c1-24-14-7-3-5-12(16(14)26-18(19)20)8-9-15(23)22-11-13-6-4-10-21-17(13)25-2/h3-10,18H,11H2,1-2H3,(H,22,23)/b9-8+. The highest BCUT2D eigenvalue weighted by molar-refractivity contribution is 5.92. The Kier molecular flexibility index (Phi) is 6.90. The van der Waals surface area contributed by atoms with Crippen molar-refractivity contribution in [3.63, 3.8) is 0 Å². The molecule has 0 aliphatic rings. The van der Waals surface area contributed by atoms with Gasteiger partial charge in [-0.05, 0) is 18.2 Å². The number of carbonyl (C=O) groups is 1. The molecule has 0 saturated carbocycles. The van der Waals surface area contributed by atoms with Crippen molar-refractivity contribution in [2.75, 3.05) is 14.2 Å². The monoisotopic (exact) mass is 364 g/mol. The molecule has 1 heterocycles. The number of para-hydroxylation sites is 1. The predicted octanol–water partition coefficient (Wildman–Crippen LogP) is 3.03. The number of halogens is 2. The van der Waals surface area contributed by atoms with Crippen LogP contribution in [0.3, 0.4) is 0 Å². The molecule has 6 nitrogen and oxygen atoms in total. The van der Waals surface area contributed by atoms with E-state index < -0.39 is 12.5 Å². The summed E-state index contributed by atoms with van der Waals surface area (Å²) in [5, 5.41) is 2.67. The molecule has 0 spiro atoms. The lowest BCUT2D eigenvalue weighted by atomic mass is 10.1. The molecule has 1 aromatic carbocycles. The summed E-state index contributed by atoms with van der Waals surface area (Å²) in [6.07, 6.45) is 4.17. The highest BCUT2D eigenvalue weighted by Crippen LogP contribution is 2.33. The van der Waals surface area contributed by atoms with Crippen molar-refractivity contribution < 1.29 is 27.8 Å². The Morgan fingerprint density at radius 1 is 1.23 bits per heavy atom. The Morgan fingerprint density at radius 2 is 2.04 bits per heavy atom. The summed E-state index contributed by atoms with van der Waals surface area (Å²) in [7, 11) is 2.83. The minimum absolute atomic E-state index is 0.136. The molecule has 1 N–H and O–H groups in total. The van der Waals surface area contributed by atoms with E-state index in [2.05, 4.69) is 15.0 Å². The third-order valence-electron chi connectivity index (χ3n) is 3.35. The van der Waals surface area contributed by atoms with E-state index in [-0.39, 0.29) is 18.0 Å². The highest BCUT2D eigenvalue weighted by Gasteiger charge is 2.14. The number of benzene rings is 1. The van der Waals surface area contributed by atoms with Crippen molar-refractivity contribution in [3.8, 4) is 17.4 Å². The van der Waals surface area contributed by atoms with Crippen LogP contribution in [0.5, 0.6) is 17.4 Å². The lowest BCUT2D eigenvalue weighted by Gasteiger charge is -2.12. The lowest BCUT2D eigenvalue weighted by molar-refractivity contribution is -0.116. The van der Waals surface area contributed by atoms with Gasteiger partial charge in [0.15, 0.2) is 11.5 Å². The van der Waals surface area contributed by atoms with Gasteiger partial charge in [-0.15, -0.1) is 0 Å². The Hall–Kier alpha value is -3.16. The summed E-state index contributed by atoms with van der Waals surface area (Å²) in [6, 6.07) is 8.13. The first-order chi connectivity index (χ1) is 12.5. The topological polar surface area (TPSA) is 69.7 Å². The van der Waals surface area contributed by atoms with Crippen LogP contribution in [-0.2, 0) is 11.3 Å². The first kappa shape index (κ1) is 19.2.